The molecule has 1 saturated carbocycles. The highest BCUT2D eigenvalue weighted by molar-refractivity contribution is 5.89. The molecule has 1 aromatic heterocycles. The van der Waals surface area contributed by atoms with Crippen molar-refractivity contribution in [2.45, 2.75) is 57.8 Å². The molecule has 1 aliphatic rings. The molecule has 2 amide bonds. The molecular weight excluding hydrogens is 503 g/mol. The number of anilines is 1. The summed E-state index contributed by atoms with van der Waals surface area (Å²) in [5, 5.41) is 9.95. The summed E-state index contributed by atoms with van der Waals surface area (Å²) in [6.45, 7) is 1.74. The van der Waals surface area contributed by atoms with Gasteiger partial charge in [0.05, 0.1) is 17.9 Å². The number of aromatic nitrogens is 2. The van der Waals surface area contributed by atoms with Crippen molar-refractivity contribution >= 4 is 11.8 Å². The molecule has 204 valence electrons. The van der Waals surface area contributed by atoms with Crippen molar-refractivity contribution in [3.63, 3.8) is 0 Å². The van der Waals surface area contributed by atoms with Gasteiger partial charge in [0.1, 0.15) is 17.7 Å². The lowest BCUT2D eigenvalue weighted by Crippen LogP contribution is -2.30. The van der Waals surface area contributed by atoms with Crippen molar-refractivity contribution in [1.29, 1.82) is 0 Å². The van der Waals surface area contributed by atoms with E-state index in [1.807, 2.05) is 30.3 Å². The van der Waals surface area contributed by atoms with Gasteiger partial charge in [-0.25, -0.2) is 9.48 Å². The molecule has 0 aliphatic heterocycles. The number of nitrogens with zero attached hydrogens (tertiary/aromatic N) is 2. The van der Waals surface area contributed by atoms with Crippen LogP contribution in [0.1, 0.15) is 36.0 Å². The number of nitrogens with two attached hydrogens (primary N) is 1. The number of rotatable bonds is 9. The number of nitrogens with one attached hydrogen (secondary N) is 2. The zero-order chi connectivity index (χ0) is 27.3. The van der Waals surface area contributed by atoms with E-state index in [2.05, 4.69) is 20.5 Å². The molecule has 1 aliphatic carbocycles. The predicted octanol–water partition coefficient (Wildman–Crippen LogP) is 4.81. The first-order valence-electron chi connectivity index (χ1n) is 12.1. The summed E-state index contributed by atoms with van der Waals surface area (Å²) in [7, 11) is 1.47. The van der Waals surface area contributed by atoms with Gasteiger partial charge in [0.25, 0.3) is 0 Å². The molecule has 0 spiro atoms. The van der Waals surface area contributed by atoms with Crippen LogP contribution in [0.3, 0.4) is 0 Å². The molecule has 2 atom stereocenters. The Morgan fingerprint density at radius 2 is 1.95 bits per heavy atom. The first kappa shape index (κ1) is 27.3. The van der Waals surface area contributed by atoms with Crippen LogP contribution in [0.4, 0.5) is 23.8 Å². The van der Waals surface area contributed by atoms with Crippen LogP contribution in [-0.2, 0) is 17.9 Å². The molecule has 3 aromatic rings. The Morgan fingerprint density at radius 3 is 2.61 bits per heavy atom. The van der Waals surface area contributed by atoms with Crippen molar-refractivity contribution in [3.8, 4) is 17.3 Å². The minimum Gasteiger partial charge on any atom is -0.473 e. The Bertz CT molecular complexity index is 1250. The van der Waals surface area contributed by atoms with E-state index in [0.29, 0.717) is 34.9 Å². The first-order valence-corrected chi connectivity index (χ1v) is 12.1. The lowest BCUT2D eigenvalue weighted by molar-refractivity contribution is -0.274. The number of hydrogen-bond acceptors (Lipinski definition) is 6. The van der Waals surface area contributed by atoms with Gasteiger partial charge in [0, 0.05) is 25.3 Å². The van der Waals surface area contributed by atoms with Gasteiger partial charge in [0.2, 0.25) is 5.88 Å². The molecule has 12 heteroatoms. The normalized spacial score (nSPS) is 17.3. The van der Waals surface area contributed by atoms with Crippen LogP contribution in [0.25, 0.3) is 5.69 Å². The largest absolute Gasteiger partial charge is 0.573 e. The fraction of sp³-hybridized carbons (Fsp3) is 0.385. The number of para-hydroxylation sites is 1. The SMILES string of the molecule is COCc1ccc(OC(F)(F)F)c(CNC(=O)Nc2c(C)c(O[C@@H]3CCC(N)C3)nn2-c2ccccc2)c1. The smallest absolute Gasteiger partial charge is 0.473 e. The Hall–Kier alpha value is -3.77. The van der Waals surface area contributed by atoms with Gasteiger partial charge >= 0.3 is 12.4 Å². The zero-order valence-corrected chi connectivity index (χ0v) is 21.0. The third-order valence-electron chi connectivity index (χ3n) is 6.12. The molecule has 1 unspecified atom stereocenters. The summed E-state index contributed by atoms with van der Waals surface area (Å²) in [5.74, 6) is 0.330. The molecule has 1 heterocycles. The molecule has 38 heavy (non-hydrogen) atoms. The van der Waals surface area contributed by atoms with E-state index >= 15 is 0 Å². The zero-order valence-electron chi connectivity index (χ0n) is 21.0. The average Bonchev–Trinajstić information content (AvgIpc) is 3.42. The Balaban J connectivity index is 1.54. The molecule has 4 rings (SSSR count). The Morgan fingerprint density at radius 1 is 1.18 bits per heavy atom. The summed E-state index contributed by atoms with van der Waals surface area (Å²) in [4.78, 5) is 12.9. The third-order valence-corrected chi connectivity index (χ3v) is 6.12. The molecule has 2 aromatic carbocycles. The van der Waals surface area contributed by atoms with Gasteiger partial charge in [-0.3, -0.25) is 5.32 Å². The van der Waals surface area contributed by atoms with E-state index in [1.54, 1.807) is 11.6 Å². The highest BCUT2D eigenvalue weighted by atomic mass is 19.4. The summed E-state index contributed by atoms with van der Waals surface area (Å²) in [6.07, 6.45) is -2.56. The van der Waals surface area contributed by atoms with E-state index in [-0.39, 0.29) is 30.9 Å². The number of halogens is 3. The molecular formula is C26H30F3N5O4. The highest BCUT2D eigenvalue weighted by Gasteiger charge is 2.32. The fourth-order valence-electron chi connectivity index (χ4n) is 4.31. The second-order valence-electron chi connectivity index (χ2n) is 9.07. The second-order valence-corrected chi connectivity index (χ2v) is 9.07. The second kappa shape index (κ2) is 11.7. The predicted molar refractivity (Wildman–Crippen MR) is 134 cm³/mol. The van der Waals surface area contributed by atoms with Crippen LogP contribution >= 0.6 is 0 Å². The van der Waals surface area contributed by atoms with Gasteiger partial charge in [-0.15, -0.1) is 18.3 Å². The Labute approximate surface area is 218 Å². The topological polar surface area (TPSA) is 113 Å². The number of urea groups is 1. The van der Waals surface area contributed by atoms with Crippen LogP contribution in [0.15, 0.2) is 48.5 Å². The van der Waals surface area contributed by atoms with Crippen LogP contribution in [-0.4, -0.2) is 41.4 Å². The van der Waals surface area contributed by atoms with Crippen molar-refractivity contribution in [3.05, 3.63) is 65.2 Å². The lowest BCUT2D eigenvalue weighted by Gasteiger charge is -2.16. The summed E-state index contributed by atoms with van der Waals surface area (Å²) >= 11 is 0. The number of alkyl halides is 3. The maximum atomic E-state index is 12.9. The van der Waals surface area contributed by atoms with Gasteiger partial charge in [-0.2, -0.15) is 0 Å². The van der Waals surface area contributed by atoms with Gasteiger partial charge in [-0.05, 0) is 56.0 Å². The molecule has 0 radical (unpaired) electrons. The highest BCUT2D eigenvalue weighted by Crippen LogP contribution is 2.32. The number of benzene rings is 2. The lowest BCUT2D eigenvalue weighted by atomic mass is 10.1. The maximum Gasteiger partial charge on any atom is 0.573 e. The summed E-state index contributed by atoms with van der Waals surface area (Å²) in [5.41, 5.74) is 8.08. The number of carbonyl (C=O) groups excluding carboxylic acids is 1. The number of ether oxygens (including phenoxy) is 3. The quantitative estimate of drug-likeness (QED) is 0.364. The number of methoxy groups -OCH3 is 1. The standard InChI is InChI=1S/C26H30F3N5O4/c1-16-23(34(20-6-4-3-5-7-20)33-24(16)37-21-10-9-19(30)13-21)32-25(35)31-14-18-12-17(15-36-2)8-11-22(18)38-26(27,28)29/h3-8,11-12,19,21H,9-10,13-15,30H2,1-2H3,(H2,31,32,35)/t19?,21-/m1/s1. The van der Waals surface area contributed by atoms with Gasteiger partial charge in [-0.1, -0.05) is 24.3 Å². The van der Waals surface area contributed by atoms with E-state index in [0.717, 1.165) is 12.8 Å². The van der Waals surface area contributed by atoms with Crippen LogP contribution in [0.2, 0.25) is 0 Å². The van der Waals surface area contributed by atoms with E-state index in [4.69, 9.17) is 15.2 Å². The van der Waals surface area contributed by atoms with Crippen molar-refractivity contribution in [2.24, 2.45) is 5.73 Å². The molecule has 1 fully saturated rings. The molecule has 0 saturated heterocycles. The fourth-order valence-corrected chi connectivity index (χ4v) is 4.31. The average molecular weight is 534 g/mol. The monoisotopic (exact) mass is 533 g/mol. The minimum absolute atomic E-state index is 0.0732. The van der Waals surface area contributed by atoms with Crippen molar-refractivity contribution < 1.29 is 32.2 Å². The van der Waals surface area contributed by atoms with Crippen molar-refractivity contribution in [2.75, 3.05) is 12.4 Å². The number of amides is 2. The molecule has 0 bridgehead atoms. The van der Waals surface area contributed by atoms with Crippen molar-refractivity contribution in [1.82, 2.24) is 15.1 Å². The summed E-state index contributed by atoms with van der Waals surface area (Å²) < 4.78 is 55.6. The van der Waals surface area contributed by atoms with E-state index < -0.39 is 18.1 Å². The Kier molecular flexibility index (Phi) is 8.42. The number of carbonyl (C=O) groups is 1. The van der Waals surface area contributed by atoms with E-state index in [9.17, 15) is 18.0 Å². The summed E-state index contributed by atoms with van der Waals surface area (Å²) in [6, 6.07) is 12.8. The van der Waals surface area contributed by atoms with Crippen LogP contribution in [0, 0.1) is 6.92 Å². The third kappa shape index (κ3) is 6.95. The van der Waals surface area contributed by atoms with Gasteiger partial charge in [0.15, 0.2) is 0 Å². The molecule has 9 nitrogen and oxygen atoms in total. The first-order chi connectivity index (χ1) is 18.1. The van der Waals surface area contributed by atoms with Crippen LogP contribution < -0.4 is 25.8 Å². The maximum absolute atomic E-state index is 12.9. The number of hydrogen-bond donors (Lipinski definition) is 3. The van der Waals surface area contributed by atoms with Crippen LogP contribution in [0.5, 0.6) is 11.6 Å². The van der Waals surface area contributed by atoms with E-state index in [1.165, 1.54) is 25.3 Å². The van der Waals surface area contributed by atoms with Gasteiger partial charge < -0.3 is 25.3 Å². The molecule has 4 N–H and O–H groups in total. The minimum atomic E-state index is -4.88.